The van der Waals surface area contributed by atoms with Gasteiger partial charge in [0.1, 0.15) is 18.3 Å². The second kappa shape index (κ2) is 9.67. The summed E-state index contributed by atoms with van der Waals surface area (Å²) in [5.41, 5.74) is 0.641. The van der Waals surface area contributed by atoms with Crippen LogP contribution in [0.3, 0.4) is 0 Å². The van der Waals surface area contributed by atoms with Crippen molar-refractivity contribution in [3.05, 3.63) is 35.0 Å². The van der Waals surface area contributed by atoms with Gasteiger partial charge < -0.3 is 29.9 Å². The van der Waals surface area contributed by atoms with Gasteiger partial charge >= 0.3 is 5.97 Å². The Morgan fingerprint density at radius 2 is 2.11 bits per heavy atom. The summed E-state index contributed by atoms with van der Waals surface area (Å²) in [4.78, 5) is 25.7. The first-order chi connectivity index (χ1) is 12.8. The number of nitrogens with zero attached hydrogens (tertiary/aromatic N) is 3. The molecular weight excluding hydrogens is 362 g/mol. The molecule has 0 bridgehead atoms. The van der Waals surface area contributed by atoms with Crippen molar-refractivity contribution in [1.82, 2.24) is 9.99 Å². The van der Waals surface area contributed by atoms with Crippen LogP contribution in [0.5, 0.6) is 0 Å². The zero-order chi connectivity index (χ0) is 20.0. The fourth-order valence-electron chi connectivity index (χ4n) is 2.75. The fourth-order valence-corrected chi connectivity index (χ4v) is 2.75. The van der Waals surface area contributed by atoms with E-state index >= 15 is 0 Å². The summed E-state index contributed by atoms with van der Waals surface area (Å²) in [6.45, 7) is 0.358. The van der Waals surface area contributed by atoms with Gasteiger partial charge in [-0.3, -0.25) is 9.99 Å². The lowest BCUT2D eigenvalue weighted by molar-refractivity contribution is -0.306. The quantitative estimate of drug-likeness (QED) is 0.320. The molecule has 1 saturated heterocycles. The van der Waals surface area contributed by atoms with Crippen molar-refractivity contribution in [2.45, 2.75) is 49.7 Å². The number of carbonyl (C=O) groups is 1. The molecule has 1 fully saturated rings. The molecular formula is C16H23N3O8. The van der Waals surface area contributed by atoms with Crippen LogP contribution >= 0.6 is 0 Å². The maximum absolute atomic E-state index is 11.2. The van der Waals surface area contributed by atoms with Gasteiger partial charge in [0.25, 0.3) is 0 Å². The van der Waals surface area contributed by atoms with Gasteiger partial charge in [-0.1, -0.05) is 6.07 Å². The standard InChI is InChI=1S/C16H23N3O8/c1-19(18-25)7-3-5-10(9-4-2-6-17-8-9)26-16-13(22)11(20)12(21)14(27-16)15(23)24/h2,4,6,8,10-14,16,20-22H,3,5,7H2,1H3,(H,23,24)/t10?,11-,12-,13+,14-,16-/m0/s1. The van der Waals surface area contributed by atoms with Crippen LogP contribution < -0.4 is 0 Å². The average Bonchev–Trinajstić information content (AvgIpc) is 2.67. The van der Waals surface area contributed by atoms with Gasteiger partial charge in [0.05, 0.1) is 11.4 Å². The summed E-state index contributed by atoms with van der Waals surface area (Å²) in [5.74, 6) is -1.49. The van der Waals surface area contributed by atoms with Gasteiger partial charge in [0, 0.05) is 26.0 Å². The van der Waals surface area contributed by atoms with E-state index in [9.17, 15) is 25.0 Å². The summed E-state index contributed by atoms with van der Waals surface area (Å²) in [7, 11) is 1.52. The molecule has 150 valence electrons. The molecule has 0 radical (unpaired) electrons. The van der Waals surface area contributed by atoms with Gasteiger partial charge in [0.2, 0.25) is 0 Å². The topological polar surface area (TPSA) is 162 Å². The van der Waals surface area contributed by atoms with Crippen LogP contribution in [0, 0.1) is 4.91 Å². The van der Waals surface area contributed by atoms with E-state index in [0.717, 1.165) is 0 Å². The van der Waals surface area contributed by atoms with Gasteiger partial charge in [-0.2, -0.15) is 0 Å². The third kappa shape index (κ3) is 5.40. The smallest absolute Gasteiger partial charge is 0.335 e. The molecule has 1 aromatic heterocycles. The van der Waals surface area contributed by atoms with Crippen molar-refractivity contribution >= 4 is 5.97 Å². The highest BCUT2D eigenvalue weighted by atomic mass is 16.7. The molecule has 2 rings (SSSR count). The van der Waals surface area contributed by atoms with Gasteiger partial charge in [-0.15, -0.1) is 4.91 Å². The summed E-state index contributed by atoms with van der Waals surface area (Å²) in [6, 6.07) is 3.41. The lowest BCUT2D eigenvalue weighted by Gasteiger charge is -2.39. The summed E-state index contributed by atoms with van der Waals surface area (Å²) < 4.78 is 10.9. The third-order valence-corrected chi connectivity index (χ3v) is 4.25. The Hall–Kier alpha value is -2.18. The number of nitroso groups, excluding NO2 is 1. The number of aliphatic carboxylic acids is 1. The fraction of sp³-hybridized carbons (Fsp3) is 0.625. The minimum Gasteiger partial charge on any atom is -0.479 e. The monoisotopic (exact) mass is 385 g/mol. The molecule has 0 aliphatic carbocycles. The van der Waals surface area contributed by atoms with Crippen LogP contribution in [0.2, 0.25) is 0 Å². The van der Waals surface area contributed by atoms with Gasteiger partial charge in [-0.05, 0) is 24.5 Å². The Balaban J connectivity index is 2.12. The van der Waals surface area contributed by atoms with E-state index in [0.29, 0.717) is 24.9 Å². The van der Waals surface area contributed by atoms with E-state index in [4.69, 9.17) is 14.6 Å². The Labute approximate surface area is 155 Å². The molecule has 6 atom stereocenters. The molecule has 2 heterocycles. The Morgan fingerprint density at radius 3 is 2.70 bits per heavy atom. The molecule has 1 aliphatic rings. The molecule has 1 unspecified atom stereocenters. The minimum absolute atomic E-state index is 0.358. The lowest BCUT2D eigenvalue weighted by Crippen LogP contribution is -2.60. The first-order valence-corrected chi connectivity index (χ1v) is 8.37. The summed E-state index contributed by atoms with van der Waals surface area (Å²) in [5, 5.41) is 42.9. The van der Waals surface area contributed by atoms with E-state index in [-0.39, 0.29) is 0 Å². The third-order valence-electron chi connectivity index (χ3n) is 4.25. The van der Waals surface area contributed by atoms with Crippen LogP contribution in [0.25, 0.3) is 0 Å². The number of ether oxygens (including phenoxy) is 2. The number of rotatable bonds is 9. The highest BCUT2D eigenvalue weighted by Gasteiger charge is 2.48. The van der Waals surface area contributed by atoms with E-state index < -0.39 is 42.8 Å². The number of pyridine rings is 1. The normalized spacial score (nSPS) is 29.1. The first-order valence-electron chi connectivity index (χ1n) is 8.37. The zero-order valence-electron chi connectivity index (χ0n) is 14.7. The van der Waals surface area contributed by atoms with Crippen LogP contribution in [-0.4, -0.2) is 80.7 Å². The number of aliphatic hydroxyl groups excluding tert-OH is 3. The summed E-state index contributed by atoms with van der Waals surface area (Å²) in [6.07, 6.45) is -5.06. The predicted octanol–water partition coefficient (Wildman–Crippen LogP) is -0.575. The average molecular weight is 385 g/mol. The molecule has 11 heteroatoms. The molecule has 27 heavy (non-hydrogen) atoms. The van der Waals surface area contributed by atoms with E-state index in [2.05, 4.69) is 10.3 Å². The van der Waals surface area contributed by atoms with Gasteiger partial charge in [-0.25, -0.2) is 4.79 Å². The van der Waals surface area contributed by atoms with Crippen molar-refractivity contribution in [2.24, 2.45) is 5.29 Å². The lowest BCUT2D eigenvalue weighted by atomic mass is 9.98. The second-order valence-electron chi connectivity index (χ2n) is 6.25. The highest BCUT2D eigenvalue weighted by molar-refractivity contribution is 5.73. The molecule has 0 amide bonds. The van der Waals surface area contributed by atoms with E-state index in [1.807, 2.05) is 0 Å². The van der Waals surface area contributed by atoms with E-state index in [1.165, 1.54) is 12.1 Å². The number of hydrogen-bond acceptors (Lipinski definition) is 9. The molecule has 0 spiro atoms. The Morgan fingerprint density at radius 1 is 1.37 bits per heavy atom. The van der Waals surface area contributed by atoms with E-state index in [1.54, 1.807) is 24.5 Å². The van der Waals surface area contributed by atoms with Crippen LogP contribution in [0.15, 0.2) is 29.8 Å². The zero-order valence-corrected chi connectivity index (χ0v) is 14.7. The first kappa shape index (κ1) is 21.1. The SMILES string of the molecule is CN(CCCC(O[C@H]1O[C@H](C(=O)O)[C@@H](O)[C@H](O)[C@H]1O)c1cccnc1)N=O. The van der Waals surface area contributed by atoms with Crippen LogP contribution in [-0.2, 0) is 14.3 Å². The largest absolute Gasteiger partial charge is 0.479 e. The van der Waals surface area contributed by atoms with Crippen molar-refractivity contribution in [2.75, 3.05) is 13.6 Å². The van der Waals surface area contributed by atoms with Crippen molar-refractivity contribution < 1.29 is 34.7 Å². The number of carboxylic acids is 1. The molecule has 11 nitrogen and oxygen atoms in total. The second-order valence-corrected chi connectivity index (χ2v) is 6.25. The maximum atomic E-state index is 11.2. The van der Waals surface area contributed by atoms with Crippen molar-refractivity contribution in [3.63, 3.8) is 0 Å². The molecule has 4 N–H and O–H groups in total. The summed E-state index contributed by atoms with van der Waals surface area (Å²) >= 11 is 0. The molecule has 0 saturated carbocycles. The predicted molar refractivity (Wildman–Crippen MR) is 90.0 cm³/mol. The maximum Gasteiger partial charge on any atom is 0.335 e. The molecule has 1 aliphatic heterocycles. The Kier molecular flexibility index (Phi) is 7.56. The number of carboxylic acid groups (broad SMARTS) is 1. The Bertz CT molecular complexity index is 619. The number of aromatic nitrogens is 1. The number of aliphatic hydroxyl groups is 3. The van der Waals surface area contributed by atoms with Crippen molar-refractivity contribution in [3.8, 4) is 0 Å². The minimum atomic E-state index is -1.79. The molecule has 1 aromatic rings. The van der Waals surface area contributed by atoms with Gasteiger partial charge in [0.15, 0.2) is 12.4 Å². The number of hydrogen-bond donors (Lipinski definition) is 4. The van der Waals surface area contributed by atoms with Crippen molar-refractivity contribution in [1.29, 1.82) is 0 Å². The van der Waals surface area contributed by atoms with Crippen LogP contribution in [0.1, 0.15) is 24.5 Å². The van der Waals surface area contributed by atoms with Crippen LogP contribution in [0.4, 0.5) is 0 Å². The highest BCUT2D eigenvalue weighted by Crippen LogP contribution is 2.30. The molecule has 0 aromatic carbocycles.